The molecule has 0 fully saturated rings. The fourth-order valence-corrected chi connectivity index (χ4v) is 1.20. The maximum Gasteiger partial charge on any atom is 0.309 e. The van der Waals surface area contributed by atoms with Gasteiger partial charge in [0.15, 0.2) is 11.5 Å². The minimum atomic E-state index is -3.49. The zero-order valence-electron chi connectivity index (χ0n) is 8.41. The second-order valence-corrected chi connectivity index (χ2v) is 3.16. The van der Waals surface area contributed by atoms with Crippen LogP contribution < -0.4 is 4.74 Å². The molecule has 16 heavy (non-hydrogen) atoms. The Labute approximate surface area is 90.1 Å². The monoisotopic (exact) mass is 232 g/mol. The van der Waals surface area contributed by atoms with Gasteiger partial charge in [-0.15, -0.1) is 0 Å². The number of hydrogen-bond acceptors (Lipinski definition) is 3. The smallest absolute Gasteiger partial charge is 0.309 e. The molecule has 0 bridgehead atoms. The second-order valence-electron chi connectivity index (χ2n) is 3.16. The predicted molar refractivity (Wildman–Crippen MR) is 50.8 cm³/mol. The Morgan fingerprint density at radius 3 is 2.62 bits per heavy atom. The SMILES string of the molecule is COc1cc(C(F)(F)CC(=O)O)ccc1O. The van der Waals surface area contributed by atoms with E-state index in [9.17, 15) is 18.7 Å². The van der Waals surface area contributed by atoms with Crippen molar-refractivity contribution in [3.8, 4) is 11.5 Å². The van der Waals surface area contributed by atoms with Crippen LogP contribution in [0.1, 0.15) is 12.0 Å². The highest BCUT2D eigenvalue weighted by atomic mass is 19.3. The van der Waals surface area contributed by atoms with E-state index in [2.05, 4.69) is 4.74 Å². The van der Waals surface area contributed by atoms with Crippen molar-refractivity contribution in [2.24, 2.45) is 0 Å². The number of carboxylic acids is 1. The highest BCUT2D eigenvalue weighted by Crippen LogP contribution is 2.36. The Kier molecular flexibility index (Phi) is 3.31. The standard InChI is InChI=1S/C10H10F2O4/c1-16-8-4-6(2-3-7(8)13)10(11,12)5-9(14)15/h2-4,13H,5H2,1H3,(H,14,15). The van der Waals surface area contributed by atoms with Gasteiger partial charge < -0.3 is 14.9 Å². The number of alkyl halides is 2. The zero-order valence-corrected chi connectivity index (χ0v) is 8.41. The number of phenols is 1. The van der Waals surface area contributed by atoms with Crippen LogP contribution in [-0.2, 0) is 10.7 Å². The van der Waals surface area contributed by atoms with Gasteiger partial charge in [0.05, 0.1) is 7.11 Å². The average Bonchev–Trinajstić information content (AvgIpc) is 2.16. The number of ether oxygens (including phenoxy) is 1. The van der Waals surface area contributed by atoms with Crippen LogP contribution in [0.4, 0.5) is 8.78 Å². The van der Waals surface area contributed by atoms with Gasteiger partial charge in [-0.1, -0.05) is 0 Å². The molecular formula is C10H10F2O4. The molecule has 1 aromatic carbocycles. The van der Waals surface area contributed by atoms with E-state index in [1.807, 2.05) is 0 Å². The van der Waals surface area contributed by atoms with Crippen LogP contribution in [0.3, 0.4) is 0 Å². The Balaban J connectivity index is 3.08. The highest BCUT2D eigenvalue weighted by molar-refractivity contribution is 5.68. The van der Waals surface area contributed by atoms with E-state index in [0.717, 1.165) is 18.2 Å². The molecule has 0 saturated heterocycles. The summed E-state index contributed by atoms with van der Waals surface area (Å²) >= 11 is 0. The van der Waals surface area contributed by atoms with E-state index >= 15 is 0 Å². The number of rotatable bonds is 4. The lowest BCUT2D eigenvalue weighted by Crippen LogP contribution is -2.18. The number of benzene rings is 1. The van der Waals surface area contributed by atoms with Gasteiger partial charge in [0.1, 0.15) is 6.42 Å². The molecule has 1 rings (SSSR count). The molecule has 0 aliphatic heterocycles. The summed E-state index contributed by atoms with van der Waals surface area (Å²) in [5.41, 5.74) is -0.510. The van der Waals surface area contributed by atoms with E-state index in [1.54, 1.807) is 0 Å². The second kappa shape index (κ2) is 4.34. The lowest BCUT2D eigenvalue weighted by molar-refractivity contribution is -0.145. The van der Waals surface area contributed by atoms with Gasteiger partial charge in [0, 0.05) is 5.56 Å². The molecule has 0 heterocycles. The van der Waals surface area contributed by atoms with Gasteiger partial charge >= 0.3 is 5.97 Å². The first kappa shape index (κ1) is 12.2. The fraction of sp³-hybridized carbons (Fsp3) is 0.300. The van der Waals surface area contributed by atoms with E-state index in [-0.39, 0.29) is 11.5 Å². The summed E-state index contributed by atoms with van der Waals surface area (Å²) < 4.78 is 31.3. The van der Waals surface area contributed by atoms with Crippen molar-refractivity contribution in [1.29, 1.82) is 0 Å². The predicted octanol–water partition coefficient (Wildman–Crippen LogP) is 1.97. The summed E-state index contributed by atoms with van der Waals surface area (Å²) in [5, 5.41) is 17.5. The molecule has 0 radical (unpaired) electrons. The van der Waals surface area contributed by atoms with Crippen molar-refractivity contribution >= 4 is 5.97 Å². The number of carboxylic acid groups (broad SMARTS) is 1. The van der Waals surface area contributed by atoms with Gasteiger partial charge in [-0.05, 0) is 18.2 Å². The number of carbonyl (C=O) groups is 1. The molecule has 1 aromatic rings. The van der Waals surface area contributed by atoms with E-state index in [0.29, 0.717) is 0 Å². The van der Waals surface area contributed by atoms with Crippen molar-refractivity contribution in [3.63, 3.8) is 0 Å². The molecule has 0 saturated carbocycles. The third-order valence-corrected chi connectivity index (χ3v) is 1.98. The Morgan fingerprint density at radius 1 is 1.50 bits per heavy atom. The molecule has 2 N–H and O–H groups in total. The van der Waals surface area contributed by atoms with Crippen LogP contribution in [0.25, 0.3) is 0 Å². The number of halogens is 2. The maximum absolute atomic E-state index is 13.3. The molecule has 88 valence electrons. The zero-order chi connectivity index (χ0) is 12.3. The van der Waals surface area contributed by atoms with Gasteiger partial charge in [0.2, 0.25) is 0 Å². The molecule has 0 aliphatic carbocycles. The number of aromatic hydroxyl groups is 1. The number of phenolic OH excluding ortho intramolecular Hbond substituents is 1. The molecule has 4 nitrogen and oxygen atoms in total. The van der Waals surface area contributed by atoms with Crippen LogP contribution in [0.5, 0.6) is 11.5 Å². The van der Waals surface area contributed by atoms with Crippen LogP contribution in [0, 0.1) is 0 Å². The van der Waals surface area contributed by atoms with Crippen LogP contribution in [0.15, 0.2) is 18.2 Å². The lowest BCUT2D eigenvalue weighted by atomic mass is 10.1. The van der Waals surface area contributed by atoms with Gasteiger partial charge in [-0.25, -0.2) is 8.78 Å². The third kappa shape index (κ3) is 2.59. The first-order chi connectivity index (χ1) is 7.36. The highest BCUT2D eigenvalue weighted by Gasteiger charge is 2.35. The maximum atomic E-state index is 13.3. The fourth-order valence-electron chi connectivity index (χ4n) is 1.20. The summed E-state index contributed by atoms with van der Waals surface area (Å²) in [7, 11) is 1.22. The third-order valence-electron chi connectivity index (χ3n) is 1.98. The molecule has 0 unspecified atom stereocenters. The first-order valence-electron chi connectivity index (χ1n) is 4.34. The van der Waals surface area contributed by atoms with Crippen molar-refractivity contribution in [3.05, 3.63) is 23.8 Å². The van der Waals surface area contributed by atoms with Crippen molar-refractivity contribution in [2.45, 2.75) is 12.3 Å². The molecule has 0 atom stereocenters. The van der Waals surface area contributed by atoms with Crippen LogP contribution in [-0.4, -0.2) is 23.3 Å². The summed E-state index contributed by atoms with van der Waals surface area (Å²) in [6.45, 7) is 0. The van der Waals surface area contributed by atoms with Crippen LogP contribution in [0.2, 0.25) is 0 Å². The Hall–Kier alpha value is -1.85. The van der Waals surface area contributed by atoms with Crippen molar-refractivity contribution < 1.29 is 28.5 Å². The normalized spacial score (nSPS) is 11.2. The topological polar surface area (TPSA) is 66.8 Å². The molecule has 0 amide bonds. The minimum absolute atomic E-state index is 0.123. The molecule has 0 spiro atoms. The molecule has 0 aromatic heterocycles. The summed E-state index contributed by atoms with van der Waals surface area (Å²) in [4.78, 5) is 10.2. The number of aliphatic carboxylic acids is 1. The summed E-state index contributed by atoms with van der Waals surface area (Å²) in [6, 6.07) is 2.91. The quantitative estimate of drug-likeness (QED) is 0.832. The molecule has 0 aliphatic rings. The first-order valence-corrected chi connectivity index (χ1v) is 4.34. The van der Waals surface area contributed by atoms with Crippen molar-refractivity contribution in [2.75, 3.05) is 7.11 Å². The molecular weight excluding hydrogens is 222 g/mol. The lowest BCUT2D eigenvalue weighted by Gasteiger charge is -2.15. The van der Waals surface area contributed by atoms with Gasteiger partial charge in [0.25, 0.3) is 5.92 Å². The van der Waals surface area contributed by atoms with Crippen LogP contribution >= 0.6 is 0 Å². The van der Waals surface area contributed by atoms with Gasteiger partial charge in [-0.2, -0.15) is 0 Å². The Morgan fingerprint density at radius 2 is 2.12 bits per heavy atom. The van der Waals surface area contributed by atoms with E-state index in [4.69, 9.17) is 5.11 Å². The number of hydrogen-bond donors (Lipinski definition) is 2. The number of methoxy groups -OCH3 is 1. The van der Waals surface area contributed by atoms with Gasteiger partial charge in [-0.3, -0.25) is 4.79 Å². The van der Waals surface area contributed by atoms with E-state index in [1.165, 1.54) is 7.11 Å². The summed E-state index contributed by atoms with van der Waals surface area (Å²) in [5.74, 6) is -5.50. The molecule has 6 heteroatoms. The Bertz CT molecular complexity index is 404. The largest absolute Gasteiger partial charge is 0.504 e. The van der Waals surface area contributed by atoms with E-state index < -0.39 is 23.9 Å². The summed E-state index contributed by atoms with van der Waals surface area (Å²) in [6.07, 6.45) is -1.30. The average molecular weight is 232 g/mol. The van der Waals surface area contributed by atoms with Crippen molar-refractivity contribution in [1.82, 2.24) is 0 Å². The minimum Gasteiger partial charge on any atom is -0.504 e.